The molecule has 0 unspecified atom stereocenters. The van der Waals surface area contributed by atoms with Crippen LogP contribution in [0.25, 0.3) is 6.08 Å². The highest BCUT2D eigenvalue weighted by molar-refractivity contribution is 6.16. The quantitative estimate of drug-likeness (QED) is 0.280. The van der Waals surface area contributed by atoms with Gasteiger partial charge in [-0.15, -0.1) is 0 Å². The first kappa shape index (κ1) is 25.2. The minimum Gasteiger partial charge on any atom is -0.358 e. The second-order valence-corrected chi connectivity index (χ2v) is 11.1. The van der Waals surface area contributed by atoms with Crippen LogP contribution in [0.2, 0.25) is 0 Å². The molecule has 0 aromatic heterocycles. The Morgan fingerprint density at radius 2 is 1.49 bits per heavy atom. The number of hydrogen-bond acceptors (Lipinski definition) is 4. The summed E-state index contributed by atoms with van der Waals surface area (Å²) >= 11 is 0. The summed E-state index contributed by atoms with van der Waals surface area (Å²) in [5.41, 5.74) is 4.22. The zero-order valence-corrected chi connectivity index (χ0v) is 22.8. The Kier molecular flexibility index (Phi) is 5.97. The van der Waals surface area contributed by atoms with Crippen molar-refractivity contribution in [2.75, 3.05) is 5.32 Å². The molecular formula is C36H30N2O3. The Labute approximate surface area is 239 Å². The molecule has 202 valence electrons. The molecule has 5 heteroatoms. The molecule has 4 aromatic rings. The molecule has 4 aromatic carbocycles. The molecule has 0 radical (unpaired) electrons. The maximum atomic E-state index is 14.9. The number of para-hydroxylation sites is 1. The lowest BCUT2D eigenvalue weighted by Gasteiger charge is -2.38. The summed E-state index contributed by atoms with van der Waals surface area (Å²) in [7, 11) is 0. The highest BCUT2D eigenvalue weighted by Gasteiger charge is 2.70. The van der Waals surface area contributed by atoms with Gasteiger partial charge in [0.05, 0.1) is 12.0 Å². The molecule has 1 fully saturated rings. The molecule has 0 aliphatic carbocycles. The molecule has 5 nitrogen and oxygen atoms in total. The number of Topliss-reactive ketones (excluding diaryl/α,β-unsaturated/α-hetero) is 2. The van der Waals surface area contributed by atoms with Gasteiger partial charge in [0.25, 0.3) is 0 Å². The van der Waals surface area contributed by atoms with Crippen molar-refractivity contribution < 1.29 is 14.4 Å². The van der Waals surface area contributed by atoms with Crippen molar-refractivity contribution in [1.82, 2.24) is 4.90 Å². The number of nitrogens with one attached hydrogen (secondary N) is 1. The highest BCUT2D eigenvalue weighted by atomic mass is 16.2. The van der Waals surface area contributed by atoms with Crippen molar-refractivity contribution in [3.05, 3.63) is 143 Å². The van der Waals surface area contributed by atoms with Crippen LogP contribution in [0.5, 0.6) is 0 Å². The van der Waals surface area contributed by atoms with Crippen LogP contribution >= 0.6 is 0 Å². The van der Waals surface area contributed by atoms with Crippen LogP contribution in [0.15, 0.2) is 109 Å². The number of aryl methyl sites for hydroxylation is 1. The molecule has 1 saturated heterocycles. The topological polar surface area (TPSA) is 66.5 Å². The summed E-state index contributed by atoms with van der Waals surface area (Å²) in [5, 5.41) is 3.10. The largest absolute Gasteiger partial charge is 0.358 e. The Morgan fingerprint density at radius 3 is 2.27 bits per heavy atom. The number of anilines is 1. The third kappa shape index (κ3) is 3.65. The SMILES string of the molecule is CCCc1ccc(C(=O)[C@@H]2[C@H](C(=O)c3ccccc3)N3C=Cc4ccccc4[C@@H]3[C@@]23C(=O)Nc2ccccc23)cc1. The number of fused-ring (bicyclic) bond motifs is 6. The maximum absolute atomic E-state index is 14.9. The molecule has 3 aliphatic rings. The second-order valence-electron chi connectivity index (χ2n) is 11.1. The number of hydrogen-bond donors (Lipinski definition) is 1. The predicted octanol–water partition coefficient (Wildman–Crippen LogP) is 6.62. The van der Waals surface area contributed by atoms with Crippen molar-refractivity contribution >= 4 is 29.2 Å². The van der Waals surface area contributed by atoms with Gasteiger partial charge in [0.1, 0.15) is 11.5 Å². The van der Waals surface area contributed by atoms with Gasteiger partial charge < -0.3 is 10.2 Å². The van der Waals surface area contributed by atoms with Gasteiger partial charge in [-0.3, -0.25) is 14.4 Å². The molecule has 0 bridgehead atoms. The number of nitrogens with zero attached hydrogens (tertiary/aromatic N) is 1. The van der Waals surface area contributed by atoms with Crippen LogP contribution in [0.3, 0.4) is 0 Å². The van der Waals surface area contributed by atoms with Crippen LogP contribution < -0.4 is 5.32 Å². The van der Waals surface area contributed by atoms with Gasteiger partial charge in [0, 0.05) is 23.0 Å². The third-order valence-electron chi connectivity index (χ3n) is 8.96. The molecule has 3 aliphatic heterocycles. The first-order chi connectivity index (χ1) is 20.1. The Hall–Kier alpha value is -4.77. The lowest BCUT2D eigenvalue weighted by Crippen LogP contribution is -2.49. The second kappa shape index (κ2) is 9.70. The van der Waals surface area contributed by atoms with Gasteiger partial charge in [0.15, 0.2) is 11.6 Å². The van der Waals surface area contributed by atoms with Gasteiger partial charge in [0.2, 0.25) is 5.91 Å². The van der Waals surface area contributed by atoms with E-state index in [4.69, 9.17) is 0 Å². The van der Waals surface area contributed by atoms with E-state index in [1.54, 1.807) is 12.1 Å². The lowest BCUT2D eigenvalue weighted by atomic mass is 9.62. The van der Waals surface area contributed by atoms with Crippen LogP contribution in [0, 0.1) is 5.92 Å². The average molecular weight is 539 g/mol. The molecule has 41 heavy (non-hydrogen) atoms. The molecule has 1 N–H and O–H groups in total. The Balaban J connectivity index is 1.50. The van der Waals surface area contributed by atoms with Crippen LogP contribution in [-0.4, -0.2) is 28.4 Å². The van der Waals surface area contributed by atoms with E-state index in [1.807, 2.05) is 108 Å². The number of ketones is 2. The van der Waals surface area contributed by atoms with E-state index in [9.17, 15) is 14.4 Å². The summed E-state index contributed by atoms with van der Waals surface area (Å²) in [6, 6.07) is 30.9. The fraction of sp³-hybridized carbons (Fsp3) is 0.194. The molecule has 0 saturated carbocycles. The lowest BCUT2D eigenvalue weighted by molar-refractivity contribution is -0.122. The van der Waals surface area contributed by atoms with Crippen molar-refractivity contribution in [2.45, 2.75) is 37.3 Å². The van der Waals surface area contributed by atoms with E-state index in [-0.39, 0.29) is 17.5 Å². The zero-order valence-electron chi connectivity index (χ0n) is 22.8. The van der Waals surface area contributed by atoms with Gasteiger partial charge >= 0.3 is 0 Å². The predicted molar refractivity (Wildman–Crippen MR) is 160 cm³/mol. The van der Waals surface area contributed by atoms with Crippen LogP contribution in [-0.2, 0) is 16.6 Å². The number of benzene rings is 4. The maximum Gasteiger partial charge on any atom is 0.238 e. The number of carbonyl (C=O) groups excluding carboxylic acids is 3. The average Bonchev–Trinajstić information content (AvgIpc) is 3.49. The van der Waals surface area contributed by atoms with Crippen LogP contribution in [0.4, 0.5) is 5.69 Å². The fourth-order valence-corrected chi connectivity index (χ4v) is 7.24. The van der Waals surface area contributed by atoms with Crippen molar-refractivity contribution in [1.29, 1.82) is 0 Å². The molecular weight excluding hydrogens is 508 g/mol. The molecule has 1 spiro atoms. The standard InChI is InChI=1S/C36H30N2O3/c1-2-10-23-17-19-26(20-18-23)32(39)30-31(33(40)25-12-4-3-5-13-25)38-22-21-24-11-6-7-14-27(24)34(38)36(30)28-15-8-9-16-29(28)37-35(36)41/h3-9,11-22,30-31,34H,2,10H2,1H3,(H,37,41)/t30-,31+,34+,36-/m0/s1. The molecule has 4 atom stereocenters. The van der Waals surface area contributed by atoms with E-state index in [0.717, 1.165) is 35.1 Å². The van der Waals surface area contributed by atoms with Crippen molar-refractivity contribution in [3.63, 3.8) is 0 Å². The number of rotatable bonds is 6. The van der Waals surface area contributed by atoms with Gasteiger partial charge in [-0.25, -0.2) is 0 Å². The monoisotopic (exact) mass is 538 g/mol. The first-order valence-electron chi connectivity index (χ1n) is 14.2. The number of carbonyl (C=O) groups is 3. The van der Waals surface area contributed by atoms with Gasteiger partial charge in [-0.1, -0.05) is 110 Å². The molecule has 7 rings (SSSR count). The fourth-order valence-electron chi connectivity index (χ4n) is 7.24. The molecule has 1 amide bonds. The van der Waals surface area contributed by atoms with Crippen LogP contribution in [0.1, 0.15) is 62.4 Å². The van der Waals surface area contributed by atoms with Gasteiger partial charge in [-0.05, 0) is 40.8 Å². The summed E-state index contributed by atoms with van der Waals surface area (Å²) in [4.78, 5) is 45.8. The van der Waals surface area contributed by atoms with E-state index < -0.39 is 23.4 Å². The van der Waals surface area contributed by atoms with E-state index in [2.05, 4.69) is 12.2 Å². The first-order valence-corrected chi connectivity index (χ1v) is 14.2. The minimum atomic E-state index is -1.31. The van der Waals surface area contributed by atoms with Gasteiger partial charge in [-0.2, -0.15) is 0 Å². The van der Waals surface area contributed by atoms with Crippen molar-refractivity contribution in [3.8, 4) is 0 Å². The summed E-state index contributed by atoms with van der Waals surface area (Å²) in [6.45, 7) is 2.12. The highest BCUT2D eigenvalue weighted by Crippen LogP contribution is 2.62. The van der Waals surface area contributed by atoms with E-state index in [0.29, 0.717) is 16.8 Å². The Bertz CT molecular complexity index is 1710. The third-order valence-corrected chi connectivity index (χ3v) is 8.96. The summed E-state index contributed by atoms with van der Waals surface area (Å²) in [5.74, 6) is -1.58. The smallest absolute Gasteiger partial charge is 0.238 e. The minimum absolute atomic E-state index is 0.172. The molecule has 3 heterocycles. The van der Waals surface area contributed by atoms with E-state index in [1.165, 1.54) is 0 Å². The normalized spacial score (nSPS) is 23.6. The Morgan fingerprint density at radius 1 is 0.805 bits per heavy atom. The van der Waals surface area contributed by atoms with Crippen molar-refractivity contribution in [2.24, 2.45) is 5.92 Å². The number of amides is 1. The zero-order chi connectivity index (χ0) is 28.1. The summed E-state index contributed by atoms with van der Waals surface area (Å²) < 4.78 is 0. The summed E-state index contributed by atoms with van der Waals surface area (Å²) in [6.07, 6.45) is 5.82. The van der Waals surface area contributed by atoms with E-state index >= 15 is 0 Å².